The minimum Gasteiger partial charge on any atom is -0.399 e. The summed E-state index contributed by atoms with van der Waals surface area (Å²) in [6.45, 7) is 3.67. The fourth-order valence-corrected chi connectivity index (χ4v) is 1.78. The standard InChI is InChI=1S/C11H12N6/c1-5(12)9-7-3-2-6(10(13)17-15)4-8(7)16-11(9)14/h2-4,13,15-16H,1,12,14H2. The zero-order chi connectivity index (χ0) is 12.6. The van der Waals surface area contributed by atoms with Crippen molar-refractivity contribution in [3.05, 3.63) is 35.9 Å². The molecule has 1 aromatic carbocycles. The number of nitrogen functional groups attached to an aromatic ring is 1. The smallest absolute Gasteiger partial charge is 0.173 e. The van der Waals surface area contributed by atoms with E-state index in [0.29, 0.717) is 22.6 Å². The first-order valence-corrected chi connectivity index (χ1v) is 4.87. The zero-order valence-electron chi connectivity index (χ0n) is 9.04. The molecule has 6 heteroatoms. The van der Waals surface area contributed by atoms with Gasteiger partial charge in [0.2, 0.25) is 0 Å². The Bertz CT molecular complexity index is 637. The lowest BCUT2D eigenvalue weighted by Gasteiger charge is -2.00. The fraction of sp³-hybridized carbons (Fsp3) is 0. The van der Waals surface area contributed by atoms with Crippen molar-refractivity contribution in [2.24, 2.45) is 10.8 Å². The number of nitrogens with one attached hydrogen (secondary N) is 3. The second kappa shape index (κ2) is 3.75. The van der Waals surface area contributed by atoms with E-state index in [1.165, 1.54) is 0 Å². The minimum absolute atomic E-state index is 0.104. The number of aromatic amines is 1. The third kappa shape index (κ3) is 1.65. The summed E-state index contributed by atoms with van der Waals surface area (Å²) in [7, 11) is 0. The van der Waals surface area contributed by atoms with E-state index in [1.807, 2.05) is 0 Å². The minimum atomic E-state index is -0.104. The second-order valence-electron chi connectivity index (χ2n) is 3.66. The van der Waals surface area contributed by atoms with Crippen molar-refractivity contribution in [3.8, 4) is 0 Å². The Morgan fingerprint density at radius 2 is 2.12 bits per heavy atom. The van der Waals surface area contributed by atoms with Crippen molar-refractivity contribution < 1.29 is 0 Å². The fourth-order valence-electron chi connectivity index (χ4n) is 1.78. The molecule has 0 aliphatic heterocycles. The van der Waals surface area contributed by atoms with E-state index in [-0.39, 0.29) is 5.84 Å². The van der Waals surface area contributed by atoms with Crippen molar-refractivity contribution in [3.63, 3.8) is 0 Å². The number of nitrogens with zero attached hydrogens (tertiary/aromatic N) is 1. The van der Waals surface area contributed by atoms with Crippen LogP contribution in [0.5, 0.6) is 0 Å². The molecule has 0 saturated heterocycles. The van der Waals surface area contributed by atoms with Crippen LogP contribution in [0.15, 0.2) is 29.9 Å². The van der Waals surface area contributed by atoms with Gasteiger partial charge in [0.1, 0.15) is 5.82 Å². The van der Waals surface area contributed by atoms with Gasteiger partial charge in [0.25, 0.3) is 0 Å². The summed E-state index contributed by atoms with van der Waals surface area (Å²) < 4.78 is 0. The van der Waals surface area contributed by atoms with Gasteiger partial charge in [0.15, 0.2) is 5.84 Å². The van der Waals surface area contributed by atoms with Crippen molar-refractivity contribution in [2.75, 3.05) is 5.73 Å². The molecule has 0 aliphatic carbocycles. The van der Waals surface area contributed by atoms with E-state index < -0.39 is 0 Å². The molecule has 0 fully saturated rings. The Kier molecular flexibility index (Phi) is 2.40. The van der Waals surface area contributed by atoms with E-state index in [9.17, 15) is 0 Å². The topological polar surface area (TPSA) is 128 Å². The molecule has 0 saturated carbocycles. The molecule has 0 aliphatic rings. The summed E-state index contributed by atoms with van der Waals surface area (Å²) in [4.78, 5) is 2.97. The molecule has 0 bridgehead atoms. The normalized spacial score (nSPS) is 10.4. The summed E-state index contributed by atoms with van der Waals surface area (Å²) in [5.74, 6) is 0.340. The highest BCUT2D eigenvalue weighted by Gasteiger charge is 2.11. The summed E-state index contributed by atoms with van der Waals surface area (Å²) in [5, 5.41) is 11.4. The van der Waals surface area contributed by atoms with Crippen molar-refractivity contribution >= 4 is 28.3 Å². The first-order chi connectivity index (χ1) is 8.04. The molecule has 0 unspecified atom stereocenters. The molecule has 17 heavy (non-hydrogen) atoms. The third-order valence-electron chi connectivity index (χ3n) is 2.53. The average Bonchev–Trinajstić information content (AvgIpc) is 2.62. The monoisotopic (exact) mass is 228 g/mol. The highest BCUT2D eigenvalue weighted by atomic mass is 15.0. The third-order valence-corrected chi connectivity index (χ3v) is 2.53. The maximum Gasteiger partial charge on any atom is 0.173 e. The van der Waals surface area contributed by atoms with Crippen LogP contribution in [0.3, 0.4) is 0 Å². The van der Waals surface area contributed by atoms with Gasteiger partial charge in [-0.25, -0.2) is 5.53 Å². The molecule has 7 N–H and O–H groups in total. The van der Waals surface area contributed by atoms with Gasteiger partial charge >= 0.3 is 0 Å². The highest BCUT2D eigenvalue weighted by Crippen LogP contribution is 2.28. The summed E-state index contributed by atoms with van der Waals surface area (Å²) in [6.07, 6.45) is 0. The van der Waals surface area contributed by atoms with Crippen molar-refractivity contribution in [1.82, 2.24) is 4.98 Å². The van der Waals surface area contributed by atoms with Gasteiger partial charge in [0, 0.05) is 27.7 Å². The molecule has 2 rings (SSSR count). The van der Waals surface area contributed by atoms with Crippen LogP contribution in [-0.2, 0) is 0 Å². The quantitative estimate of drug-likeness (QED) is 0.306. The van der Waals surface area contributed by atoms with Crippen LogP contribution in [0.1, 0.15) is 11.1 Å². The lowest BCUT2D eigenvalue weighted by Crippen LogP contribution is -1.97. The number of aromatic nitrogens is 1. The van der Waals surface area contributed by atoms with Gasteiger partial charge in [-0.05, 0) is 6.07 Å². The SMILES string of the molecule is C=C(N)c1c(N)[nH]c2cc(C(=N)N=N)ccc12. The number of fused-ring (bicyclic) bond motifs is 1. The summed E-state index contributed by atoms with van der Waals surface area (Å²) >= 11 is 0. The molecule has 2 aromatic rings. The van der Waals surface area contributed by atoms with Crippen LogP contribution >= 0.6 is 0 Å². The van der Waals surface area contributed by atoms with E-state index in [0.717, 1.165) is 10.9 Å². The second-order valence-corrected chi connectivity index (χ2v) is 3.66. The Morgan fingerprint density at radius 1 is 1.41 bits per heavy atom. The molecule has 1 heterocycles. The van der Waals surface area contributed by atoms with Crippen molar-refractivity contribution in [2.45, 2.75) is 0 Å². The number of anilines is 1. The van der Waals surface area contributed by atoms with Gasteiger partial charge in [0.05, 0.1) is 0 Å². The number of nitrogens with two attached hydrogens (primary N) is 2. The van der Waals surface area contributed by atoms with Crippen LogP contribution in [-0.4, -0.2) is 10.8 Å². The van der Waals surface area contributed by atoms with Crippen LogP contribution in [0, 0.1) is 10.9 Å². The molecule has 86 valence electrons. The summed E-state index contributed by atoms with van der Waals surface area (Å²) in [5.41, 5.74) is 20.6. The highest BCUT2D eigenvalue weighted by molar-refractivity contribution is 6.03. The molecule has 0 spiro atoms. The number of hydrogen-bond donors (Lipinski definition) is 5. The lowest BCUT2D eigenvalue weighted by atomic mass is 10.1. The lowest BCUT2D eigenvalue weighted by molar-refractivity contribution is 1.16. The zero-order valence-corrected chi connectivity index (χ0v) is 9.04. The van der Waals surface area contributed by atoms with E-state index >= 15 is 0 Å². The molecule has 0 atom stereocenters. The van der Waals surface area contributed by atoms with Gasteiger partial charge < -0.3 is 16.5 Å². The predicted molar refractivity (Wildman–Crippen MR) is 67.9 cm³/mol. The number of H-pyrrole nitrogens is 1. The van der Waals surface area contributed by atoms with Gasteiger partial charge in [-0.15, -0.1) is 5.11 Å². The first-order valence-electron chi connectivity index (χ1n) is 4.87. The van der Waals surface area contributed by atoms with Crippen LogP contribution < -0.4 is 11.5 Å². The van der Waals surface area contributed by atoms with Crippen LogP contribution in [0.2, 0.25) is 0 Å². The number of hydrogen-bond acceptors (Lipinski definition) is 4. The van der Waals surface area contributed by atoms with E-state index in [2.05, 4.69) is 16.7 Å². The Balaban J connectivity index is 2.69. The first kappa shape index (κ1) is 10.9. The number of rotatable bonds is 2. The number of benzene rings is 1. The number of amidine groups is 1. The molecule has 0 radical (unpaired) electrons. The largest absolute Gasteiger partial charge is 0.399 e. The van der Waals surface area contributed by atoms with Crippen molar-refractivity contribution in [1.29, 1.82) is 10.9 Å². The maximum absolute atomic E-state index is 7.46. The molecular weight excluding hydrogens is 216 g/mol. The van der Waals surface area contributed by atoms with E-state index in [1.54, 1.807) is 18.2 Å². The summed E-state index contributed by atoms with van der Waals surface area (Å²) in [6, 6.07) is 5.19. The predicted octanol–water partition coefficient (Wildman–Crippen LogP) is 2.04. The Labute approximate surface area is 97.3 Å². The maximum atomic E-state index is 7.46. The molecule has 1 aromatic heterocycles. The molecule has 0 amide bonds. The van der Waals surface area contributed by atoms with E-state index in [4.69, 9.17) is 22.4 Å². The van der Waals surface area contributed by atoms with Crippen LogP contribution in [0.25, 0.3) is 16.6 Å². The molecular formula is C11H12N6. The van der Waals surface area contributed by atoms with Crippen LogP contribution in [0.4, 0.5) is 5.82 Å². The van der Waals surface area contributed by atoms with Gasteiger partial charge in [-0.2, -0.15) is 0 Å². The Morgan fingerprint density at radius 3 is 2.71 bits per heavy atom. The average molecular weight is 228 g/mol. The van der Waals surface area contributed by atoms with Gasteiger partial charge in [-0.1, -0.05) is 18.7 Å². The van der Waals surface area contributed by atoms with Gasteiger partial charge in [-0.3, -0.25) is 5.41 Å². The Hall–Kier alpha value is -2.63. The molecule has 6 nitrogen and oxygen atoms in total.